The minimum Gasteiger partial charge on any atom is -0.370 e. The molecule has 2 N–H and O–H groups in total. The van der Waals surface area contributed by atoms with Crippen molar-refractivity contribution >= 4 is 17.3 Å². The molecule has 0 spiro atoms. The van der Waals surface area contributed by atoms with Crippen molar-refractivity contribution in [3.05, 3.63) is 64.2 Å². The van der Waals surface area contributed by atoms with Crippen molar-refractivity contribution in [2.45, 2.75) is 20.0 Å². The molecule has 0 atom stereocenters. The number of nitrogens with zero attached hydrogens (tertiary/aromatic N) is 1. The van der Waals surface area contributed by atoms with Gasteiger partial charge in [-0.2, -0.15) is 0 Å². The maximum Gasteiger partial charge on any atom is 0.0441 e. The van der Waals surface area contributed by atoms with Crippen molar-refractivity contribution in [2.24, 2.45) is 5.73 Å². The lowest BCUT2D eigenvalue weighted by atomic mass is 10.1. The molecule has 2 aromatic carbocycles. The number of hydrogen-bond acceptors (Lipinski definition) is 2. The molecule has 0 unspecified atom stereocenters. The molecular weight excluding hydrogens is 256 g/mol. The van der Waals surface area contributed by atoms with Gasteiger partial charge in [0.2, 0.25) is 0 Å². The number of para-hydroxylation sites is 1. The van der Waals surface area contributed by atoms with Gasteiger partial charge in [-0.3, -0.25) is 0 Å². The first-order valence-corrected chi connectivity index (χ1v) is 6.73. The van der Waals surface area contributed by atoms with Crippen LogP contribution < -0.4 is 10.6 Å². The normalized spacial score (nSPS) is 10.5. The van der Waals surface area contributed by atoms with Crippen LogP contribution in [0.4, 0.5) is 5.69 Å². The Hall–Kier alpha value is -1.51. The topological polar surface area (TPSA) is 29.3 Å². The predicted molar refractivity (Wildman–Crippen MR) is 82.6 cm³/mol. The second kappa shape index (κ2) is 6.09. The third-order valence-corrected chi connectivity index (χ3v) is 3.51. The zero-order valence-electron chi connectivity index (χ0n) is 11.4. The lowest BCUT2D eigenvalue weighted by Crippen LogP contribution is -2.20. The van der Waals surface area contributed by atoms with Gasteiger partial charge in [0.15, 0.2) is 0 Å². The summed E-state index contributed by atoms with van der Waals surface area (Å²) < 4.78 is 0. The third kappa shape index (κ3) is 3.28. The van der Waals surface area contributed by atoms with Crippen LogP contribution in [0, 0.1) is 6.92 Å². The first-order valence-electron chi connectivity index (χ1n) is 6.36. The van der Waals surface area contributed by atoms with E-state index in [4.69, 9.17) is 17.3 Å². The van der Waals surface area contributed by atoms with Crippen LogP contribution in [0.3, 0.4) is 0 Å². The highest BCUT2D eigenvalue weighted by Crippen LogP contribution is 2.25. The molecule has 0 aliphatic rings. The standard InChI is InChI=1S/C16H19ClN2/c1-12-4-3-5-14(10-18)16(12)19(2)11-13-6-8-15(17)9-7-13/h3-9H,10-11,18H2,1-2H3. The third-order valence-electron chi connectivity index (χ3n) is 3.26. The van der Waals surface area contributed by atoms with Crippen molar-refractivity contribution in [1.82, 2.24) is 0 Å². The monoisotopic (exact) mass is 274 g/mol. The van der Waals surface area contributed by atoms with E-state index in [1.807, 2.05) is 12.1 Å². The molecule has 2 rings (SSSR count). The number of anilines is 1. The zero-order valence-corrected chi connectivity index (χ0v) is 12.1. The highest BCUT2D eigenvalue weighted by molar-refractivity contribution is 6.30. The molecule has 0 aromatic heterocycles. The Morgan fingerprint density at radius 1 is 1.11 bits per heavy atom. The Kier molecular flexibility index (Phi) is 4.46. The average Bonchev–Trinajstić information content (AvgIpc) is 2.40. The molecule has 0 amide bonds. The van der Waals surface area contributed by atoms with E-state index in [2.05, 4.69) is 49.2 Å². The molecule has 0 radical (unpaired) electrons. The van der Waals surface area contributed by atoms with Crippen molar-refractivity contribution in [2.75, 3.05) is 11.9 Å². The van der Waals surface area contributed by atoms with E-state index < -0.39 is 0 Å². The first-order chi connectivity index (χ1) is 9.11. The van der Waals surface area contributed by atoms with Crippen LogP contribution in [0.5, 0.6) is 0 Å². The summed E-state index contributed by atoms with van der Waals surface area (Å²) >= 11 is 5.91. The molecule has 3 heteroatoms. The number of aryl methyl sites for hydroxylation is 1. The molecule has 2 nitrogen and oxygen atoms in total. The van der Waals surface area contributed by atoms with Gasteiger partial charge in [0, 0.05) is 30.8 Å². The number of benzene rings is 2. The Morgan fingerprint density at radius 2 is 1.79 bits per heavy atom. The summed E-state index contributed by atoms with van der Waals surface area (Å²) in [5.74, 6) is 0. The van der Waals surface area contributed by atoms with Crippen molar-refractivity contribution in [3.63, 3.8) is 0 Å². The van der Waals surface area contributed by atoms with E-state index in [-0.39, 0.29) is 0 Å². The summed E-state index contributed by atoms with van der Waals surface area (Å²) in [5, 5.41) is 0.768. The number of hydrogen-bond donors (Lipinski definition) is 1. The number of nitrogens with two attached hydrogens (primary N) is 1. The van der Waals surface area contributed by atoms with Gasteiger partial charge >= 0.3 is 0 Å². The Balaban J connectivity index is 2.24. The van der Waals surface area contributed by atoms with Crippen molar-refractivity contribution in [3.8, 4) is 0 Å². The van der Waals surface area contributed by atoms with Crippen molar-refractivity contribution in [1.29, 1.82) is 0 Å². The summed E-state index contributed by atoms with van der Waals surface area (Å²) in [6, 6.07) is 14.2. The van der Waals surface area contributed by atoms with Crippen LogP contribution in [-0.2, 0) is 13.1 Å². The highest BCUT2D eigenvalue weighted by atomic mass is 35.5. The fourth-order valence-electron chi connectivity index (χ4n) is 2.37. The van der Waals surface area contributed by atoms with Gasteiger partial charge in [0.05, 0.1) is 0 Å². The van der Waals surface area contributed by atoms with E-state index in [0.717, 1.165) is 11.6 Å². The second-order valence-electron chi connectivity index (χ2n) is 4.77. The quantitative estimate of drug-likeness (QED) is 0.920. The number of halogens is 1. The van der Waals surface area contributed by atoms with Gasteiger partial charge in [0.25, 0.3) is 0 Å². The zero-order chi connectivity index (χ0) is 13.8. The van der Waals surface area contributed by atoms with E-state index in [1.54, 1.807) is 0 Å². The van der Waals surface area contributed by atoms with E-state index >= 15 is 0 Å². The lowest BCUT2D eigenvalue weighted by molar-refractivity contribution is 0.897. The van der Waals surface area contributed by atoms with Gasteiger partial charge in [-0.1, -0.05) is 41.9 Å². The highest BCUT2D eigenvalue weighted by Gasteiger charge is 2.09. The predicted octanol–water partition coefficient (Wildman–Crippen LogP) is 3.74. The molecule has 0 heterocycles. The Bertz CT molecular complexity index is 549. The van der Waals surface area contributed by atoms with Gasteiger partial charge in [0.1, 0.15) is 0 Å². The smallest absolute Gasteiger partial charge is 0.0441 e. The average molecular weight is 275 g/mol. The Morgan fingerprint density at radius 3 is 2.42 bits per heavy atom. The van der Waals surface area contributed by atoms with Crippen LogP contribution in [-0.4, -0.2) is 7.05 Å². The molecule has 2 aromatic rings. The van der Waals surface area contributed by atoms with Crippen LogP contribution in [0.15, 0.2) is 42.5 Å². The number of rotatable bonds is 4. The molecule has 0 saturated heterocycles. The maximum absolute atomic E-state index is 5.91. The molecule has 19 heavy (non-hydrogen) atoms. The van der Waals surface area contributed by atoms with Gasteiger partial charge < -0.3 is 10.6 Å². The molecule has 0 fully saturated rings. The van der Waals surface area contributed by atoms with E-state index in [1.165, 1.54) is 22.4 Å². The molecule has 100 valence electrons. The van der Waals surface area contributed by atoms with Crippen LogP contribution in [0.2, 0.25) is 5.02 Å². The summed E-state index contributed by atoms with van der Waals surface area (Å²) in [6.07, 6.45) is 0. The molecule has 0 aliphatic carbocycles. The molecule has 0 aliphatic heterocycles. The van der Waals surface area contributed by atoms with Gasteiger partial charge in [-0.15, -0.1) is 0 Å². The van der Waals surface area contributed by atoms with Gasteiger partial charge in [-0.25, -0.2) is 0 Å². The summed E-state index contributed by atoms with van der Waals surface area (Å²) in [6.45, 7) is 3.52. The molecular formula is C16H19ClN2. The fourth-order valence-corrected chi connectivity index (χ4v) is 2.50. The SMILES string of the molecule is Cc1cccc(CN)c1N(C)Cc1ccc(Cl)cc1. The minimum absolute atomic E-state index is 0.558. The fraction of sp³-hybridized carbons (Fsp3) is 0.250. The summed E-state index contributed by atoms with van der Waals surface area (Å²) in [4.78, 5) is 2.24. The van der Waals surface area contributed by atoms with E-state index in [0.29, 0.717) is 6.54 Å². The van der Waals surface area contributed by atoms with Crippen LogP contribution in [0.25, 0.3) is 0 Å². The summed E-state index contributed by atoms with van der Waals surface area (Å²) in [5.41, 5.74) is 10.7. The second-order valence-corrected chi connectivity index (χ2v) is 5.21. The van der Waals surface area contributed by atoms with Crippen molar-refractivity contribution < 1.29 is 0 Å². The van der Waals surface area contributed by atoms with Gasteiger partial charge in [-0.05, 0) is 35.7 Å². The van der Waals surface area contributed by atoms with Crippen LogP contribution in [0.1, 0.15) is 16.7 Å². The molecule has 0 saturated carbocycles. The summed E-state index contributed by atoms with van der Waals surface area (Å²) in [7, 11) is 2.09. The van der Waals surface area contributed by atoms with Crippen LogP contribution >= 0.6 is 11.6 Å². The largest absolute Gasteiger partial charge is 0.370 e. The van der Waals surface area contributed by atoms with E-state index in [9.17, 15) is 0 Å². The lowest BCUT2D eigenvalue weighted by Gasteiger charge is -2.24. The minimum atomic E-state index is 0.558. The molecule has 0 bridgehead atoms. The Labute approximate surface area is 119 Å². The first kappa shape index (κ1) is 13.9. The maximum atomic E-state index is 5.91.